The minimum absolute atomic E-state index is 0.0220. The summed E-state index contributed by atoms with van der Waals surface area (Å²) in [6, 6.07) is 9.75. The third-order valence-electron chi connectivity index (χ3n) is 4.90. The highest BCUT2D eigenvalue weighted by Crippen LogP contribution is 2.36. The number of benzene rings is 1. The van der Waals surface area contributed by atoms with Crippen LogP contribution in [0.5, 0.6) is 0 Å². The Balaban J connectivity index is 1.54. The van der Waals surface area contributed by atoms with Gasteiger partial charge in [0.1, 0.15) is 0 Å². The van der Waals surface area contributed by atoms with Crippen molar-refractivity contribution >= 4 is 11.6 Å². The molecule has 0 spiro atoms. The monoisotopic (exact) mass is 362 g/mol. The van der Waals surface area contributed by atoms with E-state index in [0.29, 0.717) is 11.7 Å². The Morgan fingerprint density at radius 3 is 2.85 bits per heavy atom. The summed E-state index contributed by atoms with van der Waals surface area (Å²) in [6.07, 6.45) is 3.37. The first-order valence-electron chi connectivity index (χ1n) is 9.21. The van der Waals surface area contributed by atoms with Crippen LogP contribution in [0.15, 0.2) is 41.1 Å². The molecular formula is C21H22N4O2. The number of rotatable bonds is 4. The van der Waals surface area contributed by atoms with Gasteiger partial charge in [-0.1, -0.05) is 31.1 Å². The van der Waals surface area contributed by atoms with Crippen LogP contribution in [0.3, 0.4) is 0 Å². The van der Waals surface area contributed by atoms with Gasteiger partial charge in [0.25, 0.3) is 0 Å². The average Bonchev–Trinajstić information content (AvgIpc) is 3.28. The van der Waals surface area contributed by atoms with Crippen LogP contribution in [0.4, 0.5) is 5.69 Å². The molecule has 0 saturated heterocycles. The van der Waals surface area contributed by atoms with Gasteiger partial charge in [-0.2, -0.15) is 4.98 Å². The molecule has 6 nitrogen and oxygen atoms in total. The molecule has 0 radical (unpaired) electrons. The van der Waals surface area contributed by atoms with Crippen LogP contribution in [0.1, 0.15) is 54.8 Å². The fourth-order valence-corrected chi connectivity index (χ4v) is 3.47. The van der Waals surface area contributed by atoms with E-state index in [-0.39, 0.29) is 17.7 Å². The van der Waals surface area contributed by atoms with Gasteiger partial charge < -0.3 is 9.84 Å². The normalized spacial score (nSPS) is 15.8. The second kappa shape index (κ2) is 6.95. The Bertz CT molecular complexity index is 993. The quantitative estimate of drug-likeness (QED) is 0.751. The molecule has 138 valence electrons. The highest BCUT2D eigenvalue weighted by atomic mass is 16.5. The molecule has 2 aromatic heterocycles. The van der Waals surface area contributed by atoms with Crippen molar-refractivity contribution < 1.29 is 9.32 Å². The molecule has 1 aliphatic carbocycles. The van der Waals surface area contributed by atoms with E-state index in [1.165, 1.54) is 5.56 Å². The van der Waals surface area contributed by atoms with Gasteiger partial charge in [-0.3, -0.25) is 9.78 Å². The Kier molecular flexibility index (Phi) is 4.48. The summed E-state index contributed by atoms with van der Waals surface area (Å²) in [4.78, 5) is 21.4. The van der Waals surface area contributed by atoms with Crippen molar-refractivity contribution in [3.05, 3.63) is 59.2 Å². The number of nitrogens with one attached hydrogen (secondary N) is 1. The third-order valence-corrected chi connectivity index (χ3v) is 4.90. The van der Waals surface area contributed by atoms with Crippen LogP contribution in [0, 0.1) is 6.92 Å². The Morgan fingerprint density at radius 1 is 1.26 bits per heavy atom. The van der Waals surface area contributed by atoms with Gasteiger partial charge in [0.2, 0.25) is 17.6 Å². The molecule has 0 bridgehead atoms. The predicted octanol–water partition coefficient (Wildman–Crippen LogP) is 4.23. The minimum Gasteiger partial charge on any atom is -0.339 e. The standard InChI is InChI=1S/C21H22N4O2/c1-12(2)21-24-19(25-27-21)15-5-6-17-14(11-15)4-7-18(17)20(26)23-16-8-9-22-13(3)10-16/h5-6,8-12,18H,4,7H2,1-3H3,(H,22,23,26)/t18-/m0/s1. The number of carbonyl (C=O) groups is 1. The largest absolute Gasteiger partial charge is 0.339 e. The van der Waals surface area contributed by atoms with Gasteiger partial charge in [-0.05, 0) is 49.1 Å². The number of aryl methyl sites for hydroxylation is 2. The molecule has 1 aromatic carbocycles. The highest BCUT2D eigenvalue weighted by molar-refractivity contribution is 5.96. The Labute approximate surface area is 158 Å². The SMILES string of the molecule is Cc1cc(NC(=O)[C@H]2CCc3cc(-c4noc(C(C)C)n4)ccc32)ccn1. The summed E-state index contributed by atoms with van der Waals surface area (Å²) in [5, 5.41) is 7.09. The van der Waals surface area contributed by atoms with Crippen LogP contribution in [0.25, 0.3) is 11.4 Å². The van der Waals surface area contributed by atoms with Crippen molar-refractivity contribution in [2.75, 3.05) is 5.32 Å². The highest BCUT2D eigenvalue weighted by Gasteiger charge is 2.29. The summed E-state index contributed by atoms with van der Waals surface area (Å²) >= 11 is 0. The first kappa shape index (κ1) is 17.4. The summed E-state index contributed by atoms with van der Waals surface area (Å²) in [5.41, 5.74) is 4.84. The lowest BCUT2D eigenvalue weighted by Gasteiger charge is -2.13. The fraction of sp³-hybridized carbons (Fsp3) is 0.333. The van der Waals surface area contributed by atoms with Crippen molar-refractivity contribution in [2.24, 2.45) is 0 Å². The third kappa shape index (κ3) is 3.47. The Hall–Kier alpha value is -3.02. The molecule has 4 rings (SSSR count). The topological polar surface area (TPSA) is 80.9 Å². The summed E-state index contributed by atoms with van der Waals surface area (Å²) in [6.45, 7) is 5.95. The van der Waals surface area contributed by atoms with E-state index in [9.17, 15) is 4.79 Å². The second-order valence-corrected chi connectivity index (χ2v) is 7.29. The average molecular weight is 362 g/mol. The second-order valence-electron chi connectivity index (χ2n) is 7.29. The van der Waals surface area contributed by atoms with Gasteiger partial charge in [0.15, 0.2) is 0 Å². The fourth-order valence-electron chi connectivity index (χ4n) is 3.47. The van der Waals surface area contributed by atoms with Crippen LogP contribution >= 0.6 is 0 Å². The van der Waals surface area contributed by atoms with Gasteiger partial charge in [0.05, 0.1) is 5.92 Å². The van der Waals surface area contributed by atoms with E-state index < -0.39 is 0 Å². The van der Waals surface area contributed by atoms with Gasteiger partial charge in [-0.15, -0.1) is 0 Å². The smallest absolute Gasteiger partial charge is 0.231 e. The van der Waals surface area contributed by atoms with Crippen LogP contribution < -0.4 is 5.32 Å². The number of aromatic nitrogens is 3. The molecule has 2 heterocycles. The zero-order valence-electron chi connectivity index (χ0n) is 15.7. The van der Waals surface area contributed by atoms with E-state index in [4.69, 9.17) is 4.52 Å². The molecule has 0 saturated carbocycles. The molecule has 0 unspecified atom stereocenters. The summed E-state index contributed by atoms with van der Waals surface area (Å²) < 4.78 is 5.30. The number of hydrogen-bond donors (Lipinski definition) is 1. The van der Waals surface area contributed by atoms with Crippen molar-refractivity contribution in [1.29, 1.82) is 0 Å². The van der Waals surface area contributed by atoms with E-state index in [1.807, 2.05) is 45.0 Å². The molecule has 0 aliphatic heterocycles. The number of hydrogen-bond acceptors (Lipinski definition) is 5. The molecule has 1 amide bonds. The van der Waals surface area contributed by atoms with Gasteiger partial charge in [0, 0.05) is 29.1 Å². The molecule has 27 heavy (non-hydrogen) atoms. The van der Waals surface area contributed by atoms with E-state index >= 15 is 0 Å². The van der Waals surface area contributed by atoms with Crippen molar-refractivity contribution in [1.82, 2.24) is 15.1 Å². The number of nitrogens with zero attached hydrogens (tertiary/aromatic N) is 3. The maximum Gasteiger partial charge on any atom is 0.231 e. The lowest BCUT2D eigenvalue weighted by atomic mass is 9.98. The van der Waals surface area contributed by atoms with Gasteiger partial charge >= 0.3 is 0 Å². The Morgan fingerprint density at radius 2 is 2.11 bits per heavy atom. The van der Waals surface area contributed by atoms with E-state index in [1.54, 1.807) is 6.20 Å². The first-order chi connectivity index (χ1) is 13.0. The van der Waals surface area contributed by atoms with E-state index in [2.05, 4.69) is 26.5 Å². The number of fused-ring (bicyclic) bond motifs is 1. The predicted molar refractivity (Wildman–Crippen MR) is 102 cm³/mol. The number of amides is 1. The molecular weight excluding hydrogens is 340 g/mol. The maximum absolute atomic E-state index is 12.8. The number of carbonyl (C=O) groups excluding carboxylic acids is 1. The van der Waals surface area contributed by atoms with Gasteiger partial charge in [-0.25, -0.2) is 0 Å². The molecule has 1 atom stereocenters. The maximum atomic E-state index is 12.8. The first-order valence-corrected chi connectivity index (χ1v) is 9.21. The van der Waals surface area contributed by atoms with Crippen molar-refractivity contribution in [3.8, 4) is 11.4 Å². The number of anilines is 1. The summed E-state index contributed by atoms with van der Waals surface area (Å²) in [7, 11) is 0. The zero-order chi connectivity index (χ0) is 19.0. The van der Waals surface area contributed by atoms with E-state index in [0.717, 1.165) is 35.3 Å². The summed E-state index contributed by atoms with van der Waals surface area (Å²) in [5.74, 6) is 1.32. The molecule has 3 aromatic rings. The van der Waals surface area contributed by atoms with Crippen LogP contribution in [-0.2, 0) is 11.2 Å². The van der Waals surface area contributed by atoms with Crippen molar-refractivity contribution in [3.63, 3.8) is 0 Å². The molecule has 6 heteroatoms. The van der Waals surface area contributed by atoms with Crippen molar-refractivity contribution in [2.45, 2.75) is 45.4 Å². The molecule has 0 fully saturated rings. The zero-order valence-corrected chi connectivity index (χ0v) is 15.7. The minimum atomic E-state index is -0.140. The lowest BCUT2D eigenvalue weighted by Crippen LogP contribution is -2.19. The van der Waals surface area contributed by atoms with Crippen LogP contribution in [-0.4, -0.2) is 21.0 Å². The van der Waals surface area contributed by atoms with Crippen LogP contribution in [0.2, 0.25) is 0 Å². The molecule has 1 N–H and O–H groups in total. The number of pyridine rings is 1. The molecule has 1 aliphatic rings. The lowest BCUT2D eigenvalue weighted by molar-refractivity contribution is -0.117.